The van der Waals surface area contributed by atoms with Gasteiger partial charge in [0.1, 0.15) is 12.4 Å². The predicted molar refractivity (Wildman–Crippen MR) is 98.6 cm³/mol. The van der Waals surface area contributed by atoms with E-state index in [4.69, 9.17) is 33.0 Å². The molecular weight excluding hydrogens is 471 g/mol. The van der Waals surface area contributed by atoms with Gasteiger partial charge in [0, 0.05) is 16.5 Å². The summed E-state index contributed by atoms with van der Waals surface area (Å²) in [6, 6.07) is 8.95. The van der Waals surface area contributed by atoms with Gasteiger partial charge in [-0.1, -0.05) is 23.2 Å². The maximum Gasteiger partial charge on any atom is 0.303 e. The molecule has 0 heterocycles. The van der Waals surface area contributed by atoms with Crippen molar-refractivity contribution in [2.45, 2.75) is 19.4 Å². The summed E-state index contributed by atoms with van der Waals surface area (Å²) in [5.41, 5.74) is 1.76. The van der Waals surface area contributed by atoms with Crippen molar-refractivity contribution in [1.82, 2.24) is 0 Å². The van der Waals surface area contributed by atoms with Crippen LogP contribution in [0.2, 0.25) is 10.0 Å². The van der Waals surface area contributed by atoms with Gasteiger partial charge in [0.25, 0.3) is 0 Å². The average Bonchev–Trinajstić information content (AvgIpc) is 2.43. The van der Waals surface area contributed by atoms with E-state index in [0.717, 1.165) is 20.1 Å². The van der Waals surface area contributed by atoms with Crippen molar-refractivity contribution in [3.05, 3.63) is 60.4 Å². The van der Waals surface area contributed by atoms with E-state index in [2.05, 4.69) is 31.9 Å². The van der Waals surface area contributed by atoms with Crippen molar-refractivity contribution in [2.75, 3.05) is 0 Å². The maximum atomic E-state index is 10.7. The van der Waals surface area contributed by atoms with Crippen LogP contribution < -0.4 is 4.74 Å². The molecule has 2 aromatic carbocycles. The van der Waals surface area contributed by atoms with Gasteiger partial charge in [0.15, 0.2) is 0 Å². The zero-order valence-electron chi connectivity index (χ0n) is 11.8. The quantitative estimate of drug-likeness (QED) is 0.540. The standard InChI is InChI=1S/C16H12Br2Cl2O3/c17-13-5-9(1-2-15(21)22)6-14(18)16(13)23-8-10-3-11(19)7-12(20)4-10/h3-7H,1-2,8H2,(H,21,22). The number of benzene rings is 2. The second-order valence-corrected chi connectivity index (χ2v) is 7.43. The third-order valence-corrected chi connectivity index (χ3v) is 4.61. The molecule has 0 aromatic heterocycles. The molecule has 0 aliphatic rings. The zero-order valence-corrected chi connectivity index (χ0v) is 16.5. The average molecular weight is 483 g/mol. The second kappa shape index (κ2) is 8.38. The van der Waals surface area contributed by atoms with Gasteiger partial charge in [-0.15, -0.1) is 0 Å². The van der Waals surface area contributed by atoms with Crippen LogP contribution in [-0.2, 0) is 17.8 Å². The molecule has 122 valence electrons. The third kappa shape index (κ3) is 5.68. The first-order chi connectivity index (χ1) is 10.8. The van der Waals surface area contributed by atoms with Crippen LogP contribution >= 0.6 is 55.1 Å². The minimum absolute atomic E-state index is 0.0834. The largest absolute Gasteiger partial charge is 0.487 e. The first-order valence-corrected chi connectivity index (χ1v) is 8.97. The normalized spacial score (nSPS) is 10.6. The fourth-order valence-electron chi connectivity index (χ4n) is 2.00. The number of aryl methyl sites for hydroxylation is 1. The van der Waals surface area contributed by atoms with Crippen molar-refractivity contribution in [3.63, 3.8) is 0 Å². The number of carboxylic acid groups (broad SMARTS) is 1. The Bertz CT molecular complexity index is 692. The lowest BCUT2D eigenvalue weighted by molar-refractivity contribution is -0.136. The van der Waals surface area contributed by atoms with Crippen LogP contribution in [0.5, 0.6) is 5.75 Å². The highest BCUT2D eigenvalue weighted by atomic mass is 79.9. The third-order valence-electron chi connectivity index (χ3n) is 2.99. The molecule has 0 fully saturated rings. The number of hydrogen-bond donors (Lipinski definition) is 1. The highest BCUT2D eigenvalue weighted by Crippen LogP contribution is 2.36. The van der Waals surface area contributed by atoms with E-state index < -0.39 is 5.97 Å². The minimum atomic E-state index is -0.824. The van der Waals surface area contributed by atoms with Crippen LogP contribution in [0.15, 0.2) is 39.3 Å². The summed E-state index contributed by atoms with van der Waals surface area (Å²) >= 11 is 18.8. The van der Waals surface area contributed by atoms with E-state index in [-0.39, 0.29) is 6.42 Å². The molecule has 0 bridgehead atoms. The monoisotopic (exact) mass is 480 g/mol. The summed E-state index contributed by atoms with van der Waals surface area (Å²) in [6.45, 7) is 0.311. The smallest absolute Gasteiger partial charge is 0.303 e. The lowest BCUT2D eigenvalue weighted by atomic mass is 10.1. The van der Waals surface area contributed by atoms with Crippen molar-refractivity contribution >= 4 is 61.0 Å². The topological polar surface area (TPSA) is 46.5 Å². The lowest BCUT2D eigenvalue weighted by Crippen LogP contribution is -2.00. The van der Waals surface area contributed by atoms with Crippen LogP contribution in [0.3, 0.4) is 0 Å². The van der Waals surface area contributed by atoms with Crippen LogP contribution in [0.4, 0.5) is 0 Å². The van der Waals surface area contributed by atoms with Crippen LogP contribution in [0.1, 0.15) is 17.5 Å². The molecule has 23 heavy (non-hydrogen) atoms. The Hall–Kier alpha value is -0.750. The molecule has 1 N–H and O–H groups in total. The predicted octanol–water partition coefficient (Wildman–Crippen LogP) is 6.11. The second-order valence-electron chi connectivity index (χ2n) is 4.85. The molecule has 0 amide bonds. The molecule has 7 heteroatoms. The van der Waals surface area contributed by atoms with E-state index in [1.807, 2.05) is 12.1 Å². The van der Waals surface area contributed by atoms with Crippen molar-refractivity contribution in [1.29, 1.82) is 0 Å². The van der Waals surface area contributed by atoms with Gasteiger partial charge in [-0.3, -0.25) is 4.79 Å². The van der Waals surface area contributed by atoms with Gasteiger partial charge >= 0.3 is 5.97 Å². The first-order valence-electron chi connectivity index (χ1n) is 6.62. The van der Waals surface area contributed by atoms with Crippen molar-refractivity contribution in [2.24, 2.45) is 0 Å². The van der Waals surface area contributed by atoms with Crippen molar-refractivity contribution in [3.8, 4) is 5.75 Å². The fraction of sp³-hybridized carbons (Fsp3) is 0.188. The summed E-state index contributed by atoms with van der Waals surface area (Å²) in [4.78, 5) is 10.7. The number of halogens is 4. The lowest BCUT2D eigenvalue weighted by Gasteiger charge is -2.12. The molecule has 0 radical (unpaired) electrons. The van der Waals surface area contributed by atoms with E-state index >= 15 is 0 Å². The first kappa shape index (κ1) is 18.6. The molecule has 0 aliphatic carbocycles. The fourth-order valence-corrected chi connectivity index (χ4v) is 4.08. The molecule has 0 unspecified atom stereocenters. The summed E-state index contributed by atoms with van der Waals surface area (Å²) in [5.74, 6) is -0.185. The van der Waals surface area contributed by atoms with Crippen molar-refractivity contribution < 1.29 is 14.6 Å². The number of ether oxygens (including phenoxy) is 1. The highest BCUT2D eigenvalue weighted by molar-refractivity contribution is 9.11. The number of rotatable bonds is 6. The Morgan fingerprint density at radius 2 is 1.57 bits per heavy atom. The van der Waals surface area contributed by atoms with E-state index in [1.165, 1.54) is 0 Å². The Morgan fingerprint density at radius 3 is 2.09 bits per heavy atom. The molecule has 0 atom stereocenters. The molecule has 2 rings (SSSR count). The summed E-state index contributed by atoms with van der Waals surface area (Å²) < 4.78 is 7.32. The van der Waals surface area contributed by atoms with E-state index in [0.29, 0.717) is 28.8 Å². The van der Waals surface area contributed by atoms with Gasteiger partial charge in [-0.05, 0) is 79.7 Å². The maximum absolute atomic E-state index is 10.7. The molecule has 0 saturated carbocycles. The Balaban J connectivity index is 2.12. The minimum Gasteiger partial charge on any atom is -0.487 e. The highest BCUT2D eigenvalue weighted by Gasteiger charge is 2.11. The summed E-state index contributed by atoms with van der Waals surface area (Å²) in [7, 11) is 0. The molecule has 3 nitrogen and oxygen atoms in total. The van der Waals surface area contributed by atoms with E-state index in [9.17, 15) is 4.79 Å². The summed E-state index contributed by atoms with van der Waals surface area (Å²) in [6.07, 6.45) is 0.539. The number of aliphatic carboxylic acids is 1. The Kier molecular flexibility index (Phi) is 6.77. The van der Waals surface area contributed by atoms with Gasteiger partial charge in [0.2, 0.25) is 0 Å². The van der Waals surface area contributed by atoms with Gasteiger partial charge in [-0.2, -0.15) is 0 Å². The van der Waals surface area contributed by atoms with Gasteiger partial charge in [0.05, 0.1) is 8.95 Å². The molecule has 0 spiro atoms. The molecule has 0 aliphatic heterocycles. The Labute approximate surface area is 160 Å². The molecular formula is C16H12Br2Cl2O3. The van der Waals surface area contributed by atoms with E-state index in [1.54, 1.807) is 18.2 Å². The Morgan fingerprint density at radius 1 is 1.00 bits per heavy atom. The van der Waals surface area contributed by atoms with Crippen LogP contribution in [0.25, 0.3) is 0 Å². The zero-order chi connectivity index (χ0) is 17.0. The van der Waals surface area contributed by atoms with Crippen LogP contribution in [0, 0.1) is 0 Å². The summed E-state index contributed by atoms with van der Waals surface area (Å²) in [5, 5.41) is 9.86. The molecule has 0 saturated heterocycles. The number of carboxylic acids is 1. The van der Waals surface area contributed by atoms with Crippen LogP contribution in [-0.4, -0.2) is 11.1 Å². The van der Waals surface area contributed by atoms with Gasteiger partial charge in [-0.25, -0.2) is 0 Å². The number of hydrogen-bond acceptors (Lipinski definition) is 2. The molecule has 2 aromatic rings. The SMILES string of the molecule is O=C(O)CCc1cc(Br)c(OCc2cc(Cl)cc(Cl)c2)c(Br)c1. The van der Waals surface area contributed by atoms with Gasteiger partial charge < -0.3 is 9.84 Å². The number of carbonyl (C=O) groups is 1.